The molecule has 2 amide bonds. The molecule has 20 heavy (non-hydrogen) atoms. The Morgan fingerprint density at radius 1 is 1.30 bits per heavy atom. The first kappa shape index (κ1) is 16.0. The topological polar surface area (TPSA) is 70.7 Å². The minimum Gasteiger partial charge on any atom is -0.495 e. The fourth-order valence-electron chi connectivity index (χ4n) is 1.66. The highest BCUT2D eigenvalue weighted by molar-refractivity contribution is 5.94. The third kappa shape index (κ3) is 4.55. The predicted molar refractivity (Wildman–Crippen MR) is 77.8 cm³/mol. The van der Waals surface area contributed by atoms with Gasteiger partial charge in [0.25, 0.3) is 0 Å². The van der Waals surface area contributed by atoms with Crippen LogP contribution in [0.2, 0.25) is 0 Å². The Morgan fingerprint density at radius 3 is 2.55 bits per heavy atom. The number of anilines is 1. The second-order valence-corrected chi connectivity index (χ2v) is 4.58. The van der Waals surface area contributed by atoms with Crippen molar-refractivity contribution in [2.24, 2.45) is 0 Å². The van der Waals surface area contributed by atoms with Crippen molar-refractivity contribution in [1.82, 2.24) is 10.2 Å². The lowest BCUT2D eigenvalue weighted by Crippen LogP contribution is -2.44. The van der Waals surface area contributed by atoms with E-state index in [4.69, 9.17) is 4.74 Å². The van der Waals surface area contributed by atoms with E-state index < -0.39 is 6.04 Å². The maximum Gasteiger partial charge on any atom is 0.238 e. The standard InChI is InChI=1S/C14H21N3O3/c1-10(14(19)17(2)3)15-9-13(18)16-11-7-5-6-8-12(11)20-4/h5-8,10,15H,9H2,1-4H3,(H,16,18). The molecule has 0 saturated carbocycles. The molecule has 1 atom stereocenters. The van der Waals surface area contributed by atoms with Crippen LogP contribution in [0.5, 0.6) is 5.75 Å². The SMILES string of the molecule is COc1ccccc1NC(=O)CNC(C)C(=O)N(C)C. The Balaban J connectivity index is 2.50. The summed E-state index contributed by atoms with van der Waals surface area (Å²) in [6.07, 6.45) is 0. The number of rotatable bonds is 6. The van der Waals surface area contributed by atoms with Gasteiger partial charge in [-0.1, -0.05) is 12.1 Å². The molecule has 0 aromatic heterocycles. The Bertz CT molecular complexity index is 474. The van der Waals surface area contributed by atoms with Crippen LogP contribution in [0.3, 0.4) is 0 Å². The molecule has 1 unspecified atom stereocenters. The summed E-state index contributed by atoms with van der Waals surface area (Å²) in [5.41, 5.74) is 0.605. The van der Waals surface area contributed by atoms with Crippen LogP contribution in [0.15, 0.2) is 24.3 Å². The van der Waals surface area contributed by atoms with Crippen LogP contribution in [0, 0.1) is 0 Å². The number of para-hydroxylation sites is 2. The summed E-state index contributed by atoms with van der Waals surface area (Å²) in [7, 11) is 4.89. The van der Waals surface area contributed by atoms with Gasteiger partial charge in [-0.15, -0.1) is 0 Å². The van der Waals surface area contributed by atoms with Crippen molar-refractivity contribution >= 4 is 17.5 Å². The van der Waals surface area contributed by atoms with E-state index in [9.17, 15) is 9.59 Å². The predicted octanol–water partition coefficient (Wildman–Crippen LogP) is 0.700. The van der Waals surface area contributed by atoms with Crippen molar-refractivity contribution < 1.29 is 14.3 Å². The van der Waals surface area contributed by atoms with Gasteiger partial charge in [0.1, 0.15) is 5.75 Å². The van der Waals surface area contributed by atoms with Crippen molar-refractivity contribution in [2.75, 3.05) is 33.1 Å². The zero-order chi connectivity index (χ0) is 15.1. The maximum atomic E-state index is 11.8. The molecule has 0 aliphatic heterocycles. The second kappa shape index (κ2) is 7.49. The highest BCUT2D eigenvalue weighted by Gasteiger charge is 2.15. The minimum atomic E-state index is -0.409. The van der Waals surface area contributed by atoms with E-state index in [0.717, 1.165) is 0 Å². The summed E-state index contributed by atoms with van der Waals surface area (Å²) in [5.74, 6) is 0.293. The zero-order valence-corrected chi connectivity index (χ0v) is 12.3. The lowest BCUT2D eigenvalue weighted by atomic mass is 10.2. The molecular weight excluding hydrogens is 258 g/mol. The molecular formula is C14H21N3O3. The Hall–Kier alpha value is -2.08. The van der Waals surface area contributed by atoms with Crippen LogP contribution in [0.25, 0.3) is 0 Å². The highest BCUT2D eigenvalue weighted by atomic mass is 16.5. The van der Waals surface area contributed by atoms with Crippen LogP contribution in [-0.4, -0.2) is 50.5 Å². The number of nitrogens with zero attached hydrogens (tertiary/aromatic N) is 1. The molecule has 0 saturated heterocycles. The van der Waals surface area contributed by atoms with Crippen LogP contribution >= 0.6 is 0 Å². The quantitative estimate of drug-likeness (QED) is 0.804. The van der Waals surface area contributed by atoms with E-state index >= 15 is 0 Å². The highest BCUT2D eigenvalue weighted by Crippen LogP contribution is 2.22. The van der Waals surface area contributed by atoms with Gasteiger partial charge in [0.15, 0.2) is 0 Å². The molecule has 0 heterocycles. The van der Waals surface area contributed by atoms with E-state index in [2.05, 4.69) is 10.6 Å². The Kier molecular flexibility index (Phi) is 5.99. The average Bonchev–Trinajstić information content (AvgIpc) is 2.44. The van der Waals surface area contributed by atoms with Gasteiger partial charge in [-0.2, -0.15) is 0 Å². The largest absolute Gasteiger partial charge is 0.495 e. The normalized spacial score (nSPS) is 11.6. The lowest BCUT2D eigenvalue weighted by molar-refractivity contribution is -0.130. The first-order valence-corrected chi connectivity index (χ1v) is 6.33. The smallest absolute Gasteiger partial charge is 0.238 e. The zero-order valence-electron chi connectivity index (χ0n) is 12.3. The number of carbonyl (C=O) groups excluding carboxylic acids is 2. The molecule has 0 aliphatic rings. The summed E-state index contributed by atoms with van der Waals surface area (Å²) >= 11 is 0. The summed E-state index contributed by atoms with van der Waals surface area (Å²) < 4.78 is 5.15. The van der Waals surface area contributed by atoms with E-state index in [1.807, 2.05) is 12.1 Å². The number of carbonyl (C=O) groups is 2. The monoisotopic (exact) mass is 279 g/mol. The molecule has 6 nitrogen and oxygen atoms in total. The van der Waals surface area contributed by atoms with Gasteiger partial charge in [-0.3, -0.25) is 14.9 Å². The number of hydrogen-bond donors (Lipinski definition) is 2. The molecule has 1 aromatic rings. The Morgan fingerprint density at radius 2 is 1.95 bits per heavy atom. The first-order chi connectivity index (χ1) is 9.45. The first-order valence-electron chi connectivity index (χ1n) is 6.33. The average molecular weight is 279 g/mol. The fourth-order valence-corrected chi connectivity index (χ4v) is 1.66. The van der Waals surface area contributed by atoms with Crippen LogP contribution in [0.4, 0.5) is 5.69 Å². The van der Waals surface area contributed by atoms with Gasteiger partial charge < -0.3 is 15.0 Å². The number of methoxy groups -OCH3 is 1. The van der Waals surface area contributed by atoms with Gasteiger partial charge in [0, 0.05) is 14.1 Å². The number of nitrogens with one attached hydrogen (secondary N) is 2. The summed E-state index contributed by atoms with van der Waals surface area (Å²) in [6.45, 7) is 1.78. The van der Waals surface area contributed by atoms with Gasteiger partial charge in [0.2, 0.25) is 11.8 Å². The van der Waals surface area contributed by atoms with E-state index in [1.54, 1.807) is 40.3 Å². The molecule has 0 fully saturated rings. The van der Waals surface area contributed by atoms with E-state index in [0.29, 0.717) is 11.4 Å². The number of benzene rings is 1. The second-order valence-electron chi connectivity index (χ2n) is 4.58. The third-order valence-corrected chi connectivity index (χ3v) is 2.76. The van der Waals surface area contributed by atoms with Gasteiger partial charge >= 0.3 is 0 Å². The lowest BCUT2D eigenvalue weighted by Gasteiger charge is -2.18. The summed E-state index contributed by atoms with van der Waals surface area (Å²) in [6, 6.07) is 6.74. The molecule has 110 valence electrons. The number of amides is 2. The van der Waals surface area contributed by atoms with E-state index in [-0.39, 0.29) is 18.4 Å². The van der Waals surface area contributed by atoms with Crippen LogP contribution in [0.1, 0.15) is 6.92 Å². The molecule has 0 aliphatic carbocycles. The summed E-state index contributed by atoms with van der Waals surface area (Å²) in [4.78, 5) is 24.9. The number of hydrogen-bond acceptors (Lipinski definition) is 4. The van der Waals surface area contributed by atoms with Crippen molar-refractivity contribution in [3.8, 4) is 5.75 Å². The number of likely N-dealkylation sites (N-methyl/N-ethyl adjacent to an activating group) is 1. The molecule has 6 heteroatoms. The van der Waals surface area contributed by atoms with Crippen molar-refractivity contribution in [1.29, 1.82) is 0 Å². The van der Waals surface area contributed by atoms with Gasteiger partial charge in [-0.25, -0.2) is 0 Å². The van der Waals surface area contributed by atoms with Crippen molar-refractivity contribution in [2.45, 2.75) is 13.0 Å². The number of ether oxygens (including phenoxy) is 1. The van der Waals surface area contributed by atoms with E-state index in [1.165, 1.54) is 4.90 Å². The summed E-state index contributed by atoms with van der Waals surface area (Å²) in [5, 5.41) is 5.61. The molecule has 2 N–H and O–H groups in total. The molecule has 1 rings (SSSR count). The van der Waals surface area contributed by atoms with Crippen molar-refractivity contribution in [3.63, 3.8) is 0 Å². The Labute approximate surface area is 119 Å². The van der Waals surface area contributed by atoms with Crippen molar-refractivity contribution in [3.05, 3.63) is 24.3 Å². The third-order valence-electron chi connectivity index (χ3n) is 2.76. The van der Waals surface area contributed by atoms with Gasteiger partial charge in [0.05, 0.1) is 25.4 Å². The molecule has 1 aromatic carbocycles. The van der Waals surface area contributed by atoms with Crippen LogP contribution < -0.4 is 15.4 Å². The fraction of sp³-hybridized carbons (Fsp3) is 0.429. The molecule has 0 radical (unpaired) electrons. The van der Waals surface area contributed by atoms with Gasteiger partial charge in [-0.05, 0) is 19.1 Å². The molecule has 0 spiro atoms. The maximum absolute atomic E-state index is 11.8. The van der Waals surface area contributed by atoms with Crippen LogP contribution in [-0.2, 0) is 9.59 Å². The minimum absolute atomic E-state index is 0.0544. The molecule has 0 bridgehead atoms.